The number of nitrogens with zero attached hydrogens (tertiary/aromatic N) is 3. The number of carbonyl (C=O) groups excluding carboxylic acids is 1. The van der Waals surface area contributed by atoms with Gasteiger partial charge in [0, 0.05) is 44.1 Å². The van der Waals surface area contributed by atoms with Gasteiger partial charge < -0.3 is 14.8 Å². The van der Waals surface area contributed by atoms with Gasteiger partial charge in [0.05, 0.1) is 10.6 Å². The highest BCUT2D eigenvalue weighted by atomic mass is 35.5. The van der Waals surface area contributed by atoms with Gasteiger partial charge >= 0.3 is 0 Å². The number of halogens is 1. The molecular weight excluding hydrogens is 352 g/mol. The minimum atomic E-state index is -0.0504. The van der Waals surface area contributed by atoms with Crippen LogP contribution in [0.4, 0.5) is 5.82 Å². The van der Waals surface area contributed by atoms with Gasteiger partial charge in [-0.05, 0) is 38.3 Å². The SMILES string of the molecule is Cc1ccc(CNc2ncc(C(=O)N3CCCCC3)cc2Cl)c(=O)n1C. The highest BCUT2D eigenvalue weighted by molar-refractivity contribution is 6.33. The van der Waals surface area contributed by atoms with Gasteiger partial charge in [-0.3, -0.25) is 9.59 Å². The maximum atomic E-state index is 12.5. The second kappa shape index (κ2) is 7.91. The molecule has 2 aromatic heterocycles. The zero-order valence-corrected chi connectivity index (χ0v) is 15.8. The minimum absolute atomic E-state index is 0.0296. The van der Waals surface area contributed by atoms with Crippen LogP contribution >= 0.6 is 11.6 Å². The van der Waals surface area contributed by atoms with Gasteiger partial charge in [0.2, 0.25) is 0 Å². The number of likely N-dealkylation sites (tertiary alicyclic amines) is 1. The van der Waals surface area contributed by atoms with Crippen molar-refractivity contribution in [3.05, 3.63) is 56.6 Å². The third-order valence-corrected chi connectivity index (χ3v) is 5.10. The largest absolute Gasteiger partial charge is 0.365 e. The predicted octanol–water partition coefficient (Wildman–Crippen LogP) is 2.98. The molecule has 0 spiro atoms. The van der Waals surface area contributed by atoms with Crippen LogP contribution in [0.5, 0.6) is 0 Å². The van der Waals surface area contributed by atoms with Crippen LogP contribution in [0.3, 0.4) is 0 Å². The fourth-order valence-electron chi connectivity index (χ4n) is 3.06. The lowest BCUT2D eigenvalue weighted by molar-refractivity contribution is 0.0724. The quantitative estimate of drug-likeness (QED) is 0.893. The van der Waals surface area contributed by atoms with Crippen LogP contribution in [0, 0.1) is 6.92 Å². The maximum absolute atomic E-state index is 12.5. The van der Waals surface area contributed by atoms with E-state index in [0.29, 0.717) is 28.5 Å². The van der Waals surface area contributed by atoms with E-state index >= 15 is 0 Å². The molecule has 7 heteroatoms. The van der Waals surface area contributed by atoms with Crippen molar-refractivity contribution in [1.29, 1.82) is 0 Å². The van der Waals surface area contributed by atoms with Crippen molar-refractivity contribution in [3.8, 4) is 0 Å². The lowest BCUT2D eigenvalue weighted by Gasteiger charge is -2.26. The summed E-state index contributed by atoms with van der Waals surface area (Å²) in [6, 6.07) is 5.34. The number of rotatable bonds is 4. The van der Waals surface area contributed by atoms with E-state index < -0.39 is 0 Å². The molecular formula is C19H23ClN4O2. The molecule has 2 aromatic rings. The van der Waals surface area contributed by atoms with Crippen molar-refractivity contribution in [2.45, 2.75) is 32.7 Å². The monoisotopic (exact) mass is 374 g/mol. The Morgan fingerprint density at radius 2 is 2.00 bits per heavy atom. The van der Waals surface area contributed by atoms with E-state index in [4.69, 9.17) is 11.6 Å². The first-order valence-electron chi connectivity index (χ1n) is 8.81. The summed E-state index contributed by atoms with van der Waals surface area (Å²) < 4.78 is 1.60. The Balaban J connectivity index is 1.71. The first kappa shape index (κ1) is 18.5. The average molecular weight is 375 g/mol. The van der Waals surface area contributed by atoms with E-state index in [1.54, 1.807) is 29.9 Å². The Morgan fingerprint density at radius 1 is 1.27 bits per heavy atom. The summed E-state index contributed by atoms with van der Waals surface area (Å²) >= 11 is 6.30. The fraction of sp³-hybridized carbons (Fsp3) is 0.421. The number of aromatic nitrogens is 2. The minimum Gasteiger partial charge on any atom is -0.365 e. The Hall–Kier alpha value is -2.34. The maximum Gasteiger partial charge on any atom is 0.255 e. The number of aryl methyl sites for hydroxylation is 1. The predicted molar refractivity (Wildman–Crippen MR) is 103 cm³/mol. The smallest absolute Gasteiger partial charge is 0.255 e. The number of hydrogen-bond donors (Lipinski definition) is 1. The number of carbonyl (C=O) groups is 1. The van der Waals surface area contributed by atoms with E-state index in [9.17, 15) is 9.59 Å². The molecule has 1 aliphatic heterocycles. The van der Waals surface area contributed by atoms with Crippen molar-refractivity contribution in [1.82, 2.24) is 14.5 Å². The third-order valence-electron chi connectivity index (χ3n) is 4.81. The summed E-state index contributed by atoms with van der Waals surface area (Å²) in [6.07, 6.45) is 4.79. The first-order chi connectivity index (χ1) is 12.5. The summed E-state index contributed by atoms with van der Waals surface area (Å²) in [7, 11) is 1.74. The van der Waals surface area contributed by atoms with E-state index in [-0.39, 0.29) is 11.5 Å². The van der Waals surface area contributed by atoms with Gasteiger partial charge in [-0.25, -0.2) is 4.98 Å². The zero-order valence-electron chi connectivity index (χ0n) is 15.1. The Labute approximate surface area is 157 Å². The topological polar surface area (TPSA) is 67.2 Å². The molecule has 138 valence electrons. The summed E-state index contributed by atoms with van der Waals surface area (Å²) in [4.78, 5) is 30.9. The van der Waals surface area contributed by atoms with Crippen LogP contribution in [0.15, 0.2) is 29.2 Å². The lowest BCUT2D eigenvalue weighted by atomic mass is 10.1. The van der Waals surface area contributed by atoms with Crippen LogP contribution in [0.2, 0.25) is 5.02 Å². The van der Waals surface area contributed by atoms with Gasteiger partial charge in [0.25, 0.3) is 11.5 Å². The fourth-order valence-corrected chi connectivity index (χ4v) is 3.29. The van der Waals surface area contributed by atoms with E-state index in [1.807, 2.05) is 17.9 Å². The summed E-state index contributed by atoms with van der Waals surface area (Å²) in [5.41, 5.74) is 1.97. The molecule has 3 rings (SSSR count). The van der Waals surface area contributed by atoms with Gasteiger partial charge in [0.1, 0.15) is 5.82 Å². The van der Waals surface area contributed by atoms with E-state index in [2.05, 4.69) is 10.3 Å². The van der Waals surface area contributed by atoms with Crippen LogP contribution in [-0.4, -0.2) is 33.4 Å². The molecule has 3 heterocycles. The molecule has 0 atom stereocenters. The molecule has 6 nitrogen and oxygen atoms in total. The molecule has 0 unspecified atom stereocenters. The van der Waals surface area contributed by atoms with Crippen molar-refractivity contribution in [2.75, 3.05) is 18.4 Å². The highest BCUT2D eigenvalue weighted by Crippen LogP contribution is 2.22. The van der Waals surface area contributed by atoms with Crippen molar-refractivity contribution < 1.29 is 4.79 Å². The van der Waals surface area contributed by atoms with Crippen molar-refractivity contribution in [3.63, 3.8) is 0 Å². The molecule has 0 saturated carbocycles. The van der Waals surface area contributed by atoms with Gasteiger partial charge in [-0.2, -0.15) is 0 Å². The van der Waals surface area contributed by atoms with Crippen molar-refractivity contribution in [2.24, 2.45) is 7.05 Å². The number of amides is 1. The normalized spacial score (nSPS) is 14.3. The van der Waals surface area contributed by atoms with E-state index in [0.717, 1.165) is 31.6 Å². The molecule has 0 aromatic carbocycles. The molecule has 0 radical (unpaired) electrons. The summed E-state index contributed by atoms with van der Waals surface area (Å²) in [5, 5.41) is 3.45. The number of piperidine rings is 1. The zero-order chi connectivity index (χ0) is 18.7. The molecule has 1 aliphatic rings. The van der Waals surface area contributed by atoms with Crippen LogP contribution in [0.1, 0.15) is 40.9 Å². The average Bonchev–Trinajstić information content (AvgIpc) is 2.66. The molecule has 1 N–H and O–H groups in total. The molecule has 0 bridgehead atoms. The lowest BCUT2D eigenvalue weighted by Crippen LogP contribution is -2.35. The highest BCUT2D eigenvalue weighted by Gasteiger charge is 2.19. The van der Waals surface area contributed by atoms with Crippen LogP contribution in [-0.2, 0) is 13.6 Å². The standard InChI is InChI=1S/C19H23ClN4O2/c1-13-6-7-14(18(25)23(13)2)11-21-17-16(20)10-15(12-22-17)19(26)24-8-4-3-5-9-24/h6-7,10,12H,3-5,8-9,11H2,1-2H3,(H,21,22). The number of nitrogens with one attached hydrogen (secondary N) is 1. The van der Waals surface area contributed by atoms with Crippen LogP contribution < -0.4 is 10.9 Å². The third kappa shape index (κ3) is 3.90. The molecule has 1 saturated heterocycles. The van der Waals surface area contributed by atoms with Crippen LogP contribution in [0.25, 0.3) is 0 Å². The molecule has 26 heavy (non-hydrogen) atoms. The first-order valence-corrected chi connectivity index (χ1v) is 9.19. The van der Waals surface area contributed by atoms with Gasteiger partial charge in [-0.1, -0.05) is 17.7 Å². The number of anilines is 1. The molecule has 1 fully saturated rings. The molecule has 0 aliphatic carbocycles. The summed E-state index contributed by atoms with van der Waals surface area (Å²) in [5.74, 6) is 0.433. The Kier molecular flexibility index (Phi) is 5.61. The van der Waals surface area contributed by atoms with Crippen molar-refractivity contribution >= 4 is 23.3 Å². The second-order valence-corrected chi connectivity index (χ2v) is 7.03. The summed E-state index contributed by atoms with van der Waals surface area (Å²) in [6.45, 7) is 3.77. The van der Waals surface area contributed by atoms with Gasteiger partial charge in [0.15, 0.2) is 0 Å². The molecule has 1 amide bonds. The Morgan fingerprint density at radius 3 is 2.69 bits per heavy atom. The van der Waals surface area contributed by atoms with Gasteiger partial charge in [-0.15, -0.1) is 0 Å². The second-order valence-electron chi connectivity index (χ2n) is 6.62. The number of hydrogen-bond acceptors (Lipinski definition) is 4. The number of pyridine rings is 2. The van der Waals surface area contributed by atoms with E-state index in [1.165, 1.54) is 6.42 Å². The Bertz CT molecular complexity index is 872.